The molecule has 1 aromatic carbocycles. The highest BCUT2D eigenvalue weighted by molar-refractivity contribution is 5.98. The van der Waals surface area contributed by atoms with Gasteiger partial charge in [-0.3, -0.25) is 9.59 Å². The summed E-state index contributed by atoms with van der Waals surface area (Å²) < 4.78 is 33.2. The van der Waals surface area contributed by atoms with Gasteiger partial charge in [0.05, 0.1) is 24.0 Å². The number of hydrogen-bond acceptors (Lipinski definition) is 8. The second-order valence-electron chi connectivity index (χ2n) is 9.74. The summed E-state index contributed by atoms with van der Waals surface area (Å²) in [5, 5.41) is 7.52. The van der Waals surface area contributed by atoms with Gasteiger partial charge in [-0.1, -0.05) is 6.07 Å². The number of halogens is 2. The Morgan fingerprint density at radius 2 is 1.95 bits per heavy atom. The quantitative estimate of drug-likeness (QED) is 0.426. The standard InChI is InChI=1S/C26H22F2N8O3/c1-34-17-9-15(20-14(24(34)38)3-2-4-18(20)39-25(27)28)21-22(17)33-36-7-5-16(32-23(21)36)13-10-30-26(31-11-13)35-8-6-29-19(37)12-35/h2-5,7,10-11,15,17,25H,6,8-9,12H2,1H3,(H,29,37). The van der Waals surface area contributed by atoms with Crippen LogP contribution < -0.4 is 15.0 Å². The molecule has 2 atom stereocenters. The highest BCUT2D eigenvalue weighted by Gasteiger charge is 2.46. The summed E-state index contributed by atoms with van der Waals surface area (Å²) in [7, 11) is 1.70. The van der Waals surface area contributed by atoms with Crippen LogP contribution >= 0.6 is 0 Å². The third-order valence-electron chi connectivity index (χ3n) is 7.58. The maximum atomic E-state index is 13.3. The summed E-state index contributed by atoms with van der Waals surface area (Å²) in [5.41, 5.74) is 4.07. The lowest BCUT2D eigenvalue weighted by Crippen LogP contribution is -2.48. The molecule has 2 amide bonds. The molecule has 11 nitrogen and oxygen atoms in total. The molecule has 1 N–H and O–H groups in total. The van der Waals surface area contributed by atoms with E-state index in [2.05, 4.69) is 15.3 Å². The number of carbonyl (C=O) groups excluding carboxylic acids is 2. The van der Waals surface area contributed by atoms with E-state index < -0.39 is 12.5 Å². The molecule has 1 fully saturated rings. The van der Waals surface area contributed by atoms with E-state index in [0.717, 1.165) is 5.56 Å². The largest absolute Gasteiger partial charge is 0.434 e. The number of hydrogen-bond donors (Lipinski definition) is 1. The molecule has 7 rings (SSSR count). The predicted molar refractivity (Wildman–Crippen MR) is 134 cm³/mol. The molecule has 3 aromatic heterocycles. The number of anilines is 1. The van der Waals surface area contributed by atoms with Crippen molar-refractivity contribution in [2.75, 3.05) is 31.6 Å². The average Bonchev–Trinajstić information content (AvgIpc) is 3.46. The lowest BCUT2D eigenvalue weighted by Gasteiger charge is -2.26. The van der Waals surface area contributed by atoms with Crippen molar-refractivity contribution in [1.82, 2.24) is 34.8 Å². The fraction of sp³-hybridized carbons (Fsp3) is 0.308. The van der Waals surface area contributed by atoms with Crippen molar-refractivity contribution in [3.8, 4) is 17.0 Å². The molecular weight excluding hydrogens is 510 g/mol. The molecule has 1 aliphatic carbocycles. The Morgan fingerprint density at radius 1 is 1.13 bits per heavy atom. The van der Waals surface area contributed by atoms with Crippen LogP contribution in [0.15, 0.2) is 42.9 Å². The minimum absolute atomic E-state index is 0.0198. The second kappa shape index (κ2) is 8.68. The van der Waals surface area contributed by atoms with E-state index in [0.29, 0.717) is 59.2 Å². The van der Waals surface area contributed by atoms with Gasteiger partial charge in [0.25, 0.3) is 5.91 Å². The number of ether oxygens (including phenoxy) is 1. The van der Waals surface area contributed by atoms with Crippen LogP contribution in [0, 0.1) is 0 Å². The van der Waals surface area contributed by atoms with Gasteiger partial charge in [0.15, 0.2) is 5.65 Å². The molecule has 0 saturated carbocycles. The van der Waals surface area contributed by atoms with Crippen molar-refractivity contribution in [1.29, 1.82) is 0 Å². The third-order valence-corrected chi connectivity index (χ3v) is 7.58. The zero-order valence-electron chi connectivity index (χ0n) is 20.7. The van der Waals surface area contributed by atoms with Gasteiger partial charge < -0.3 is 19.9 Å². The SMILES string of the molecule is CN1C(=O)c2cccc(OC(F)F)c2C2CC1c1nn3ccc(-c4cnc(N5CCNC(=O)C5)nc4)nc3c12. The fourth-order valence-electron chi connectivity index (χ4n) is 5.81. The van der Waals surface area contributed by atoms with Crippen molar-refractivity contribution in [2.45, 2.75) is 25.0 Å². The van der Waals surface area contributed by atoms with E-state index in [1.54, 1.807) is 58.2 Å². The van der Waals surface area contributed by atoms with Crippen LogP contribution in [-0.4, -0.2) is 74.6 Å². The van der Waals surface area contributed by atoms with Gasteiger partial charge in [0.2, 0.25) is 11.9 Å². The molecule has 2 unspecified atom stereocenters. The van der Waals surface area contributed by atoms with E-state index in [1.807, 2.05) is 0 Å². The Bertz CT molecular complexity index is 1640. The zero-order valence-corrected chi connectivity index (χ0v) is 20.7. The zero-order chi connectivity index (χ0) is 26.8. The van der Waals surface area contributed by atoms with Crippen LogP contribution in [0.3, 0.4) is 0 Å². The van der Waals surface area contributed by atoms with Crippen LogP contribution in [-0.2, 0) is 4.79 Å². The highest BCUT2D eigenvalue weighted by atomic mass is 19.3. The predicted octanol–water partition coefficient (Wildman–Crippen LogP) is 2.39. The van der Waals surface area contributed by atoms with Gasteiger partial charge >= 0.3 is 6.61 Å². The Balaban J connectivity index is 1.32. The lowest BCUT2D eigenvalue weighted by molar-refractivity contribution is -0.120. The number of fused-ring (bicyclic) bond motifs is 9. The number of piperazine rings is 1. The Labute approximate surface area is 220 Å². The monoisotopic (exact) mass is 532 g/mol. The number of benzene rings is 1. The Morgan fingerprint density at radius 3 is 2.72 bits per heavy atom. The first-order valence-electron chi connectivity index (χ1n) is 12.5. The third kappa shape index (κ3) is 3.67. The summed E-state index contributed by atoms with van der Waals surface area (Å²) in [6.45, 7) is -1.68. The van der Waals surface area contributed by atoms with Crippen LogP contribution in [0.1, 0.15) is 45.6 Å². The van der Waals surface area contributed by atoms with Gasteiger partial charge in [-0.2, -0.15) is 13.9 Å². The molecule has 0 radical (unpaired) electrons. The summed E-state index contributed by atoms with van der Waals surface area (Å²) >= 11 is 0. The summed E-state index contributed by atoms with van der Waals surface area (Å²) in [6, 6.07) is 6.11. The number of amides is 2. The number of carbonyl (C=O) groups is 2. The number of rotatable bonds is 4. The van der Waals surface area contributed by atoms with Crippen LogP contribution in [0.4, 0.5) is 14.7 Å². The molecule has 5 heterocycles. The normalized spacial score (nSPS) is 20.2. The van der Waals surface area contributed by atoms with Crippen molar-refractivity contribution in [2.24, 2.45) is 0 Å². The van der Waals surface area contributed by atoms with Gasteiger partial charge in [0, 0.05) is 66.9 Å². The van der Waals surface area contributed by atoms with Gasteiger partial charge in [-0.25, -0.2) is 19.5 Å². The van der Waals surface area contributed by atoms with Crippen molar-refractivity contribution < 1.29 is 23.1 Å². The number of alkyl halides is 2. The molecule has 1 saturated heterocycles. The summed E-state index contributed by atoms with van der Waals surface area (Å²) in [6.07, 6.45) is 5.57. The lowest BCUT2D eigenvalue weighted by atomic mass is 9.89. The van der Waals surface area contributed by atoms with Gasteiger partial charge in [0.1, 0.15) is 5.75 Å². The Hall–Kier alpha value is -4.68. The molecule has 3 aliphatic rings. The minimum atomic E-state index is -3.03. The first-order valence-corrected chi connectivity index (χ1v) is 12.5. The van der Waals surface area contributed by atoms with Crippen molar-refractivity contribution in [3.05, 3.63) is 65.2 Å². The smallest absolute Gasteiger partial charge is 0.387 e. The van der Waals surface area contributed by atoms with Crippen molar-refractivity contribution in [3.63, 3.8) is 0 Å². The maximum absolute atomic E-state index is 13.3. The fourth-order valence-corrected chi connectivity index (χ4v) is 5.81. The summed E-state index contributed by atoms with van der Waals surface area (Å²) in [5.74, 6) is -0.313. The van der Waals surface area contributed by atoms with Crippen LogP contribution in [0.25, 0.3) is 16.9 Å². The second-order valence-corrected chi connectivity index (χ2v) is 9.74. The van der Waals surface area contributed by atoms with Gasteiger partial charge in [-0.05, 0) is 24.6 Å². The van der Waals surface area contributed by atoms with E-state index in [1.165, 1.54) is 6.07 Å². The molecule has 13 heteroatoms. The first kappa shape index (κ1) is 23.4. The number of nitrogens with one attached hydrogen (secondary N) is 1. The maximum Gasteiger partial charge on any atom is 0.387 e. The number of aromatic nitrogens is 5. The van der Waals surface area contributed by atoms with Crippen LogP contribution in [0.5, 0.6) is 5.75 Å². The van der Waals surface area contributed by atoms with E-state index >= 15 is 0 Å². The molecule has 4 aromatic rings. The van der Waals surface area contributed by atoms with E-state index in [4.69, 9.17) is 14.8 Å². The molecule has 2 aliphatic heterocycles. The minimum Gasteiger partial charge on any atom is -0.434 e. The molecule has 39 heavy (non-hydrogen) atoms. The molecule has 2 bridgehead atoms. The molecular formula is C26H22F2N8O3. The Kier molecular flexibility index (Phi) is 5.22. The van der Waals surface area contributed by atoms with E-state index in [-0.39, 0.29) is 30.2 Å². The molecule has 198 valence electrons. The van der Waals surface area contributed by atoms with Gasteiger partial charge in [-0.15, -0.1) is 0 Å². The summed E-state index contributed by atoms with van der Waals surface area (Å²) in [4.78, 5) is 42.2. The molecule has 0 spiro atoms. The number of nitrogens with zero attached hydrogens (tertiary/aromatic N) is 7. The van der Waals surface area contributed by atoms with E-state index in [9.17, 15) is 18.4 Å². The highest BCUT2D eigenvalue weighted by Crippen LogP contribution is 2.53. The average molecular weight is 533 g/mol. The van der Waals surface area contributed by atoms with Crippen LogP contribution in [0.2, 0.25) is 0 Å². The first-order chi connectivity index (χ1) is 18.9. The van der Waals surface area contributed by atoms with Crippen molar-refractivity contribution >= 4 is 23.4 Å². The topological polar surface area (TPSA) is 118 Å².